The van der Waals surface area contributed by atoms with Crippen LogP contribution in [0.1, 0.15) is 24.8 Å². The molecule has 2 rings (SSSR count). The molecule has 100 valence electrons. The minimum Gasteiger partial charge on any atom is -0.496 e. The summed E-state index contributed by atoms with van der Waals surface area (Å²) in [4.78, 5) is 0. The molecule has 0 unspecified atom stereocenters. The SMILES string of the molecule is COc1ccc(Cl)cc1CNCCCNC1CC1. The third kappa shape index (κ3) is 4.48. The third-order valence-corrected chi connectivity index (χ3v) is 3.33. The highest BCUT2D eigenvalue weighted by molar-refractivity contribution is 6.30. The van der Waals surface area contributed by atoms with Gasteiger partial charge < -0.3 is 15.4 Å². The van der Waals surface area contributed by atoms with Crippen LogP contribution in [-0.4, -0.2) is 26.2 Å². The van der Waals surface area contributed by atoms with Crippen LogP contribution in [0.25, 0.3) is 0 Å². The monoisotopic (exact) mass is 268 g/mol. The summed E-state index contributed by atoms with van der Waals surface area (Å²) in [5.74, 6) is 0.892. The summed E-state index contributed by atoms with van der Waals surface area (Å²) in [6.45, 7) is 2.91. The van der Waals surface area contributed by atoms with Gasteiger partial charge in [0.25, 0.3) is 0 Å². The first kappa shape index (κ1) is 13.7. The lowest BCUT2D eigenvalue weighted by atomic mass is 10.2. The Morgan fingerprint density at radius 3 is 2.89 bits per heavy atom. The first-order valence-corrected chi connectivity index (χ1v) is 6.94. The first-order valence-electron chi connectivity index (χ1n) is 6.56. The number of hydrogen-bond acceptors (Lipinski definition) is 3. The number of halogens is 1. The van der Waals surface area contributed by atoms with Gasteiger partial charge in [0.1, 0.15) is 5.75 Å². The third-order valence-electron chi connectivity index (χ3n) is 3.10. The molecule has 1 aromatic rings. The molecule has 0 aromatic heterocycles. The lowest BCUT2D eigenvalue weighted by Gasteiger charge is -2.10. The molecule has 0 radical (unpaired) electrons. The molecule has 0 heterocycles. The van der Waals surface area contributed by atoms with E-state index in [1.165, 1.54) is 12.8 Å². The molecule has 1 aliphatic rings. The van der Waals surface area contributed by atoms with Gasteiger partial charge in [0.15, 0.2) is 0 Å². The van der Waals surface area contributed by atoms with Crippen molar-refractivity contribution in [3.05, 3.63) is 28.8 Å². The van der Waals surface area contributed by atoms with Crippen LogP contribution in [0.2, 0.25) is 5.02 Å². The van der Waals surface area contributed by atoms with Gasteiger partial charge in [0.2, 0.25) is 0 Å². The van der Waals surface area contributed by atoms with Gasteiger partial charge in [-0.05, 0) is 50.6 Å². The molecule has 0 bridgehead atoms. The number of ether oxygens (including phenoxy) is 1. The summed E-state index contributed by atoms with van der Waals surface area (Å²) < 4.78 is 5.31. The maximum atomic E-state index is 5.98. The number of rotatable bonds is 8. The van der Waals surface area contributed by atoms with E-state index in [4.69, 9.17) is 16.3 Å². The zero-order valence-electron chi connectivity index (χ0n) is 10.8. The van der Waals surface area contributed by atoms with Crippen molar-refractivity contribution in [1.29, 1.82) is 0 Å². The molecule has 1 aromatic carbocycles. The van der Waals surface area contributed by atoms with E-state index in [2.05, 4.69) is 10.6 Å². The topological polar surface area (TPSA) is 33.3 Å². The standard InChI is InChI=1S/C14H21ClN2O/c1-18-14-6-3-12(15)9-11(14)10-16-7-2-8-17-13-4-5-13/h3,6,9,13,16-17H,2,4-5,7-8,10H2,1H3. The quantitative estimate of drug-likeness (QED) is 0.711. The van der Waals surface area contributed by atoms with Crippen molar-refractivity contribution in [2.24, 2.45) is 0 Å². The van der Waals surface area contributed by atoms with Gasteiger partial charge in [0, 0.05) is 23.2 Å². The average Bonchev–Trinajstić information content (AvgIpc) is 3.18. The number of benzene rings is 1. The molecular formula is C14H21ClN2O. The van der Waals surface area contributed by atoms with Crippen molar-refractivity contribution in [3.8, 4) is 5.75 Å². The summed E-state index contributed by atoms with van der Waals surface area (Å²) in [5, 5.41) is 7.67. The normalized spacial score (nSPS) is 14.8. The molecule has 4 heteroatoms. The molecule has 2 N–H and O–H groups in total. The average molecular weight is 269 g/mol. The van der Waals surface area contributed by atoms with Crippen LogP contribution in [0.5, 0.6) is 5.75 Å². The maximum Gasteiger partial charge on any atom is 0.123 e. The molecule has 0 saturated heterocycles. The molecule has 0 atom stereocenters. The predicted molar refractivity (Wildman–Crippen MR) is 75.4 cm³/mol. The Morgan fingerprint density at radius 1 is 1.33 bits per heavy atom. The van der Waals surface area contributed by atoms with E-state index in [0.717, 1.165) is 48.4 Å². The van der Waals surface area contributed by atoms with E-state index < -0.39 is 0 Å². The Bertz CT molecular complexity index is 380. The van der Waals surface area contributed by atoms with Crippen molar-refractivity contribution in [3.63, 3.8) is 0 Å². The molecule has 1 saturated carbocycles. The molecule has 1 aliphatic carbocycles. The minimum absolute atomic E-state index is 0.753. The zero-order chi connectivity index (χ0) is 12.8. The summed E-state index contributed by atoms with van der Waals surface area (Å²) >= 11 is 5.98. The van der Waals surface area contributed by atoms with Gasteiger partial charge in [-0.2, -0.15) is 0 Å². The van der Waals surface area contributed by atoms with Crippen LogP contribution < -0.4 is 15.4 Å². The fourth-order valence-electron chi connectivity index (χ4n) is 1.92. The van der Waals surface area contributed by atoms with Crippen LogP contribution >= 0.6 is 11.6 Å². The molecule has 0 aliphatic heterocycles. The fourth-order valence-corrected chi connectivity index (χ4v) is 2.11. The Morgan fingerprint density at radius 2 is 2.17 bits per heavy atom. The molecule has 0 spiro atoms. The summed E-state index contributed by atoms with van der Waals surface area (Å²) in [6, 6.07) is 6.52. The molecule has 1 fully saturated rings. The highest BCUT2D eigenvalue weighted by Crippen LogP contribution is 2.22. The Hall–Kier alpha value is -0.770. The van der Waals surface area contributed by atoms with Crippen molar-refractivity contribution in [2.75, 3.05) is 20.2 Å². The lowest BCUT2D eigenvalue weighted by Crippen LogP contribution is -2.23. The van der Waals surface area contributed by atoms with Gasteiger partial charge in [-0.15, -0.1) is 0 Å². The number of hydrogen-bond donors (Lipinski definition) is 2. The van der Waals surface area contributed by atoms with Crippen molar-refractivity contribution >= 4 is 11.6 Å². The van der Waals surface area contributed by atoms with Crippen LogP contribution in [0.3, 0.4) is 0 Å². The molecule has 3 nitrogen and oxygen atoms in total. The summed E-state index contributed by atoms with van der Waals surface area (Å²) in [7, 11) is 1.69. The van der Waals surface area contributed by atoms with E-state index in [0.29, 0.717) is 0 Å². The van der Waals surface area contributed by atoms with Crippen molar-refractivity contribution in [1.82, 2.24) is 10.6 Å². The number of nitrogens with one attached hydrogen (secondary N) is 2. The second-order valence-corrected chi connectivity index (χ2v) is 5.15. The van der Waals surface area contributed by atoms with E-state index in [1.807, 2.05) is 18.2 Å². The van der Waals surface area contributed by atoms with Gasteiger partial charge in [-0.25, -0.2) is 0 Å². The smallest absolute Gasteiger partial charge is 0.123 e. The Labute approximate surface area is 114 Å². The van der Waals surface area contributed by atoms with Crippen LogP contribution in [0.15, 0.2) is 18.2 Å². The number of methoxy groups -OCH3 is 1. The van der Waals surface area contributed by atoms with E-state index in [9.17, 15) is 0 Å². The van der Waals surface area contributed by atoms with Gasteiger partial charge in [-0.1, -0.05) is 11.6 Å². The van der Waals surface area contributed by atoms with E-state index >= 15 is 0 Å². The van der Waals surface area contributed by atoms with Crippen molar-refractivity contribution < 1.29 is 4.74 Å². The molecule has 0 amide bonds. The van der Waals surface area contributed by atoms with Gasteiger partial charge in [0.05, 0.1) is 7.11 Å². The highest BCUT2D eigenvalue weighted by atomic mass is 35.5. The Kier molecular flexibility index (Phi) is 5.29. The predicted octanol–water partition coefficient (Wildman–Crippen LogP) is 2.58. The van der Waals surface area contributed by atoms with Gasteiger partial charge >= 0.3 is 0 Å². The zero-order valence-corrected chi connectivity index (χ0v) is 11.6. The van der Waals surface area contributed by atoms with E-state index in [-0.39, 0.29) is 0 Å². The van der Waals surface area contributed by atoms with Crippen molar-refractivity contribution in [2.45, 2.75) is 31.8 Å². The summed E-state index contributed by atoms with van der Waals surface area (Å²) in [5.41, 5.74) is 1.11. The molecule has 18 heavy (non-hydrogen) atoms. The lowest BCUT2D eigenvalue weighted by molar-refractivity contribution is 0.407. The summed E-state index contributed by atoms with van der Waals surface area (Å²) in [6.07, 6.45) is 3.86. The second kappa shape index (κ2) is 6.98. The minimum atomic E-state index is 0.753. The Balaban J connectivity index is 1.66. The van der Waals surface area contributed by atoms with Crippen LogP contribution in [0, 0.1) is 0 Å². The highest BCUT2D eigenvalue weighted by Gasteiger charge is 2.19. The van der Waals surface area contributed by atoms with Gasteiger partial charge in [-0.3, -0.25) is 0 Å². The largest absolute Gasteiger partial charge is 0.496 e. The van der Waals surface area contributed by atoms with Crippen LogP contribution in [0.4, 0.5) is 0 Å². The second-order valence-electron chi connectivity index (χ2n) is 4.71. The van der Waals surface area contributed by atoms with E-state index in [1.54, 1.807) is 7.11 Å². The molecular weight excluding hydrogens is 248 g/mol. The van der Waals surface area contributed by atoms with Crippen LogP contribution in [-0.2, 0) is 6.54 Å². The fraction of sp³-hybridized carbons (Fsp3) is 0.571. The maximum absolute atomic E-state index is 5.98. The first-order chi connectivity index (χ1) is 8.79.